The summed E-state index contributed by atoms with van der Waals surface area (Å²) in [5, 5.41) is 6.90. The summed E-state index contributed by atoms with van der Waals surface area (Å²) >= 11 is 3.74. The molecule has 2 atom stereocenters. The van der Waals surface area contributed by atoms with Crippen LogP contribution in [0, 0.1) is 0 Å². The standard InChI is InChI=1S/C14H23BrN2/c1-5-16-10(3)12-8-7-9-13(14(12)15)11(4)17-6-2/h7-11,16-17H,5-6H2,1-4H3. The Morgan fingerprint density at radius 3 is 1.76 bits per heavy atom. The van der Waals surface area contributed by atoms with Gasteiger partial charge in [0.2, 0.25) is 0 Å². The Labute approximate surface area is 113 Å². The molecule has 0 aliphatic carbocycles. The molecular formula is C14H23BrN2. The normalized spacial score (nSPS) is 14.6. The predicted octanol–water partition coefficient (Wildman–Crippen LogP) is 3.79. The van der Waals surface area contributed by atoms with Crippen LogP contribution in [0.5, 0.6) is 0 Å². The molecule has 0 aromatic heterocycles. The van der Waals surface area contributed by atoms with E-state index in [0.29, 0.717) is 12.1 Å². The minimum atomic E-state index is 0.378. The van der Waals surface area contributed by atoms with Crippen LogP contribution in [0.3, 0.4) is 0 Å². The molecule has 2 nitrogen and oxygen atoms in total. The fourth-order valence-corrected chi connectivity index (χ4v) is 3.02. The van der Waals surface area contributed by atoms with Crippen LogP contribution < -0.4 is 10.6 Å². The van der Waals surface area contributed by atoms with Crippen molar-refractivity contribution in [3.8, 4) is 0 Å². The Kier molecular flexibility index (Phi) is 6.17. The Morgan fingerprint density at radius 2 is 1.41 bits per heavy atom. The van der Waals surface area contributed by atoms with E-state index in [1.54, 1.807) is 0 Å². The summed E-state index contributed by atoms with van der Waals surface area (Å²) in [5.74, 6) is 0. The third-order valence-corrected chi connectivity index (χ3v) is 3.93. The molecule has 2 unspecified atom stereocenters. The second kappa shape index (κ2) is 7.14. The van der Waals surface area contributed by atoms with E-state index in [0.717, 1.165) is 13.1 Å². The molecule has 17 heavy (non-hydrogen) atoms. The van der Waals surface area contributed by atoms with Crippen LogP contribution in [0.1, 0.15) is 50.9 Å². The number of hydrogen-bond donors (Lipinski definition) is 2. The fraction of sp³-hybridized carbons (Fsp3) is 0.571. The van der Waals surface area contributed by atoms with Gasteiger partial charge >= 0.3 is 0 Å². The number of hydrogen-bond acceptors (Lipinski definition) is 2. The molecule has 0 spiro atoms. The summed E-state index contributed by atoms with van der Waals surface area (Å²) in [6.45, 7) is 10.6. The van der Waals surface area contributed by atoms with Gasteiger partial charge in [-0.1, -0.05) is 48.0 Å². The van der Waals surface area contributed by atoms with E-state index >= 15 is 0 Å². The summed E-state index contributed by atoms with van der Waals surface area (Å²) in [4.78, 5) is 0. The summed E-state index contributed by atoms with van der Waals surface area (Å²) in [6, 6.07) is 7.25. The maximum atomic E-state index is 3.74. The zero-order valence-corrected chi connectivity index (χ0v) is 12.8. The average molecular weight is 299 g/mol. The SMILES string of the molecule is CCNC(C)c1cccc(C(C)NCC)c1Br. The topological polar surface area (TPSA) is 24.1 Å². The molecule has 0 aliphatic rings. The van der Waals surface area contributed by atoms with Crippen molar-refractivity contribution >= 4 is 15.9 Å². The first-order valence-electron chi connectivity index (χ1n) is 6.36. The lowest BCUT2D eigenvalue weighted by molar-refractivity contribution is 0.579. The summed E-state index contributed by atoms with van der Waals surface area (Å²) in [6.07, 6.45) is 0. The first-order chi connectivity index (χ1) is 8.11. The van der Waals surface area contributed by atoms with Crippen molar-refractivity contribution in [2.45, 2.75) is 39.8 Å². The molecule has 0 amide bonds. The maximum absolute atomic E-state index is 3.74. The molecule has 1 aromatic carbocycles. The lowest BCUT2D eigenvalue weighted by atomic mass is 10.0. The monoisotopic (exact) mass is 298 g/mol. The second-order valence-electron chi connectivity index (χ2n) is 4.31. The van der Waals surface area contributed by atoms with Gasteiger partial charge in [-0.15, -0.1) is 0 Å². The van der Waals surface area contributed by atoms with E-state index in [-0.39, 0.29) is 0 Å². The van der Waals surface area contributed by atoms with Gasteiger partial charge in [-0.05, 0) is 38.1 Å². The molecule has 0 aliphatic heterocycles. The summed E-state index contributed by atoms with van der Waals surface area (Å²) < 4.78 is 1.22. The lowest BCUT2D eigenvalue weighted by Crippen LogP contribution is -2.21. The van der Waals surface area contributed by atoms with Gasteiger partial charge < -0.3 is 10.6 Å². The van der Waals surface area contributed by atoms with E-state index in [9.17, 15) is 0 Å². The van der Waals surface area contributed by atoms with Crippen molar-refractivity contribution in [3.63, 3.8) is 0 Å². The molecule has 0 fully saturated rings. The largest absolute Gasteiger partial charge is 0.310 e. The van der Waals surface area contributed by atoms with Gasteiger partial charge in [0.25, 0.3) is 0 Å². The molecule has 1 rings (SSSR count). The highest BCUT2D eigenvalue weighted by Gasteiger charge is 2.14. The highest BCUT2D eigenvalue weighted by atomic mass is 79.9. The zero-order chi connectivity index (χ0) is 12.8. The van der Waals surface area contributed by atoms with Crippen molar-refractivity contribution in [1.29, 1.82) is 0 Å². The Hall–Kier alpha value is -0.380. The Morgan fingerprint density at radius 1 is 1.00 bits per heavy atom. The molecule has 1 aromatic rings. The van der Waals surface area contributed by atoms with Crippen LogP contribution in [0.15, 0.2) is 22.7 Å². The van der Waals surface area contributed by atoms with Gasteiger partial charge in [0, 0.05) is 16.6 Å². The lowest BCUT2D eigenvalue weighted by Gasteiger charge is -2.20. The van der Waals surface area contributed by atoms with Crippen molar-refractivity contribution in [2.75, 3.05) is 13.1 Å². The molecule has 0 bridgehead atoms. The highest BCUT2D eigenvalue weighted by molar-refractivity contribution is 9.10. The van der Waals surface area contributed by atoms with Gasteiger partial charge in [0.1, 0.15) is 0 Å². The van der Waals surface area contributed by atoms with Gasteiger partial charge in [-0.3, -0.25) is 0 Å². The number of benzene rings is 1. The van der Waals surface area contributed by atoms with Gasteiger partial charge in [-0.25, -0.2) is 0 Å². The minimum Gasteiger partial charge on any atom is -0.310 e. The minimum absolute atomic E-state index is 0.378. The smallest absolute Gasteiger partial charge is 0.0302 e. The van der Waals surface area contributed by atoms with Gasteiger partial charge in [0.05, 0.1) is 0 Å². The first-order valence-corrected chi connectivity index (χ1v) is 7.16. The van der Waals surface area contributed by atoms with Crippen LogP contribution >= 0.6 is 15.9 Å². The fourth-order valence-electron chi connectivity index (χ4n) is 2.07. The summed E-state index contributed by atoms with van der Waals surface area (Å²) in [5.41, 5.74) is 2.66. The third kappa shape index (κ3) is 3.80. The van der Waals surface area contributed by atoms with Crippen LogP contribution in [-0.2, 0) is 0 Å². The number of halogens is 1. The highest BCUT2D eigenvalue weighted by Crippen LogP contribution is 2.30. The molecule has 0 saturated carbocycles. The quantitative estimate of drug-likeness (QED) is 0.835. The Bertz CT molecular complexity index is 322. The second-order valence-corrected chi connectivity index (χ2v) is 5.10. The average Bonchev–Trinajstić information content (AvgIpc) is 2.29. The van der Waals surface area contributed by atoms with Crippen molar-refractivity contribution < 1.29 is 0 Å². The summed E-state index contributed by atoms with van der Waals surface area (Å²) in [7, 11) is 0. The van der Waals surface area contributed by atoms with Gasteiger partial charge in [-0.2, -0.15) is 0 Å². The van der Waals surface area contributed by atoms with E-state index in [1.165, 1.54) is 15.6 Å². The first kappa shape index (κ1) is 14.7. The molecule has 3 heteroatoms. The molecule has 0 saturated heterocycles. The molecule has 96 valence electrons. The van der Waals surface area contributed by atoms with Crippen LogP contribution in [0.2, 0.25) is 0 Å². The number of rotatable bonds is 6. The molecule has 0 heterocycles. The predicted molar refractivity (Wildman–Crippen MR) is 78.3 cm³/mol. The van der Waals surface area contributed by atoms with E-state index in [1.807, 2.05) is 0 Å². The Balaban J connectivity index is 2.98. The molecular weight excluding hydrogens is 276 g/mol. The van der Waals surface area contributed by atoms with Crippen LogP contribution in [0.4, 0.5) is 0 Å². The van der Waals surface area contributed by atoms with E-state index < -0.39 is 0 Å². The van der Waals surface area contributed by atoms with Crippen LogP contribution in [0.25, 0.3) is 0 Å². The number of nitrogens with one attached hydrogen (secondary N) is 2. The maximum Gasteiger partial charge on any atom is 0.0302 e. The van der Waals surface area contributed by atoms with E-state index in [4.69, 9.17) is 0 Å². The van der Waals surface area contributed by atoms with Crippen molar-refractivity contribution in [3.05, 3.63) is 33.8 Å². The van der Waals surface area contributed by atoms with Gasteiger partial charge in [0.15, 0.2) is 0 Å². The van der Waals surface area contributed by atoms with Crippen molar-refractivity contribution in [1.82, 2.24) is 10.6 Å². The van der Waals surface area contributed by atoms with Crippen molar-refractivity contribution in [2.24, 2.45) is 0 Å². The zero-order valence-electron chi connectivity index (χ0n) is 11.2. The third-order valence-electron chi connectivity index (χ3n) is 3.01. The molecule has 0 radical (unpaired) electrons. The van der Waals surface area contributed by atoms with E-state index in [2.05, 4.69) is 72.5 Å². The molecule has 2 N–H and O–H groups in total. The van der Waals surface area contributed by atoms with Crippen LogP contribution in [-0.4, -0.2) is 13.1 Å².